The highest BCUT2D eigenvalue weighted by molar-refractivity contribution is 5.85. The third-order valence-corrected chi connectivity index (χ3v) is 5.99. The molecule has 152 valence electrons. The maximum atomic E-state index is 14.6. The molecule has 1 aromatic carbocycles. The smallest absolute Gasteiger partial charge is 0.210 e. The molecule has 9 nitrogen and oxygen atoms in total. The fourth-order valence-corrected chi connectivity index (χ4v) is 4.44. The number of rotatable bonds is 4. The Morgan fingerprint density at radius 1 is 1.16 bits per heavy atom. The lowest BCUT2D eigenvalue weighted by Gasteiger charge is -2.14. The number of pyridine rings is 1. The molecule has 0 radical (unpaired) electrons. The Labute approximate surface area is 174 Å². The summed E-state index contributed by atoms with van der Waals surface area (Å²) in [5.74, 6) is 1.38. The van der Waals surface area contributed by atoms with E-state index in [1.54, 1.807) is 27.5 Å². The van der Waals surface area contributed by atoms with Crippen LogP contribution in [-0.4, -0.2) is 40.3 Å². The second kappa shape index (κ2) is 5.97. The van der Waals surface area contributed by atoms with Gasteiger partial charge in [-0.05, 0) is 30.7 Å². The van der Waals surface area contributed by atoms with Gasteiger partial charge in [-0.1, -0.05) is 0 Å². The van der Waals surface area contributed by atoms with E-state index in [0.29, 0.717) is 35.3 Å². The van der Waals surface area contributed by atoms with Gasteiger partial charge in [0.15, 0.2) is 11.3 Å². The van der Waals surface area contributed by atoms with Crippen LogP contribution >= 0.6 is 0 Å². The molecular weight excluding hydrogens is 399 g/mol. The van der Waals surface area contributed by atoms with Crippen LogP contribution in [0.5, 0.6) is 5.75 Å². The largest absolute Gasteiger partial charge is 0.489 e. The van der Waals surface area contributed by atoms with Gasteiger partial charge in [-0.2, -0.15) is 5.10 Å². The Hall–Kier alpha value is -4.08. The first-order valence-corrected chi connectivity index (χ1v) is 9.97. The topological polar surface area (TPSA) is 94.5 Å². The number of halogens is 1. The second-order valence-electron chi connectivity index (χ2n) is 7.76. The number of ether oxygens (including phenoxy) is 1. The quantitative estimate of drug-likeness (QED) is 0.483. The molecule has 0 saturated heterocycles. The second-order valence-corrected chi connectivity index (χ2v) is 7.76. The van der Waals surface area contributed by atoms with Crippen molar-refractivity contribution in [3.8, 4) is 16.9 Å². The zero-order chi connectivity index (χ0) is 20.5. The minimum absolute atomic E-state index is 0.206. The molecule has 10 heteroatoms. The highest BCUT2D eigenvalue weighted by Crippen LogP contribution is 2.55. The van der Waals surface area contributed by atoms with Gasteiger partial charge in [-0.3, -0.25) is 4.40 Å². The standard InChI is InChI=1S/C21H15FN8O/c22-15-3-4-16-18(12-6-17(12)31-16)14(15)8-24-21-23-7-13(20-28-26-10-29(20)21)11-2-1-5-30-19(11)25-9-27-30/h1-5,7,9-10,12,17H,6,8H2,(H,23,24)/t12-,17+/m0/s1. The molecule has 1 saturated carbocycles. The first kappa shape index (κ1) is 16.7. The van der Waals surface area contributed by atoms with E-state index >= 15 is 0 Å². The summed E-state index contributed by atoms with van der Waals surface area (Å²) in [6.45, 7) is 0.293. The molecule has 4 aromatic heterocycles. The summed E-state index contributed by atoms with van der Waals surface area (Å²) < 4.78 is 23.9. The predicted octanol–water partition coefficient (Wildman–Crippen LogP) is 2.83. The Balaban J connectivity index is 1.28. The Morgan fingerprint density at radius 3 is 3.10 bits per heavy atom. The number of nitrogens with one attached hydrogen (secondary N) is 1. The number of hydrogen-bond acceptors (Lipinski definition) is 7. The maximum absolute atomic E-state index is 14.6. The van der Waals surface area contributed by atoms with E-state index in [2.05, 4.69) is 30.6 Å². The van der Waals surface area contributed by atoms with Crippen molar-refractivity contribution in [2.75, 3.05) is 5.32 Å². The number of nitrogens with zero attached hydrogens (tertiary/aromatic N) is 7. The van der Waals surface area contributed by atoms with Crippen LogP contribution in [0, 0.1) is 5.82 Å². The van der Waals surface area contributed by atoms with E-state index < -0.39 is 0 Å². The van der Waals surface area contributed by atoms with Crippen LogP contribution in [0.2, 0.25) is 0 Å². The molecule has 0 unspecified atom stereocenters. The number of aromatic nitrogens is 7. The first-order valence-electron chi connectivity index (χ1n) is 9.97. The molecule has 31 heavy (non-hydrogen) atoms. The third-order valence-electron chi connectivity index (χ3n) is 5.99. The molecule has 1 aliphatic carbocycles. The van der Waals surface area contributed by atoms with Crippen molar-refractivity contribution in [3.63, 3.8) is 0 Å². The molecule has 0 bridgehead atoms. The summed E-state index contributed by atoms with van der Waals surface area (Å²) in [4.78, 5) is 8.91. The molecule has 2 atom stereocenters. The van der Waals surface area contributed by atoms with E-state index in [4.69, 9.17) is 4.74 Å². The van der Waals surface area contributed by atoms with Gasteiger partial charge in [0.05, 0.1) is 0 Å². The summed E-state index contributed by atoms with van der Waals surface area (Å²) in [5, 5.41) is 15.8. The van der Waals surface area contributed by atoms with Crippen LogP contribution < -0.4 is 10.1 Å². The first-order chi connectivity index (χ1) is 15.3. The van der Waals surface area contributed by atoms with Gasteiger partial charge in [-0.15, -0.1) is 10.2 Å². The maximum Gasteiger partial charge on any atom is 0.210 e. The summed E-state index contributed by atoms with van der Waals surface area (Å²) in [6.07, 6.45) is 7.81. The average molecular weight is 414 g/mol. The van der Waals surface area contributed by atoms with Gasteiger partial charge >= 0.3 is 0 Å². The molecule has 5 heterocycles. The molecular formula is C21H15FN8O. The van der Waals surface area contributed by atoms with Crippen molar-refractivity contribution >= 4 is 17.2 Å². The van der Waals surface area contributed by atoms with Crippen molar-refractivity contribution in [1.82, 2.24) is 34.2 Å². The van der Waals surface area contributed by atoms with E-state index in [1.807, 2.05) is 18.3 Å². The average Bonchev–Trinajstić information content (AvgIpc) is 3.19. The van der Waals surface area contributed by atoms with Gasteiger partial charge in [-0.25, -0.2) is 18.9 Å². The normalized spacial score (nSPS) is 18.7. The third kappa shape index (κ3) is 2.38. The van der Waals surface area contributed by atoms with Crippen molar-refractivity contribution < 1.29 is 9.13 Å². The summed E-state index contributed by atoms with van der Waals surface area (Å²) in [5.41, 5.74) is 4.56. The summed E-state index contributed by atoms with van der Waals surface area (Å²) in [7, 11) is 0. The number of anilines is 1. The molecule has 7 rings (SSSR count). The number of fused-ring (bicyclic) bond motifs is 5. The van der Waals surface area contributed by atoms with Crippen molar-refractivity contribution in [3.05, 3.63) is 66.3 Å². The van der Waals surface area contributed by atoms with Gasteiger partial charge in [0, 0.05) is 47.1 Å². The van der Waals surface area contributed by atoms with Gasteiger partial charge < -0.3 is 10.1 Å². The SMILES string of the molecule is Fc1ccc2c(c1CNc1ncc(-c3cccn4ncnc34)c3nncn13)[C@H]1C[C@H]1O2. The van der Waals surface area contributed by atoms with Crippen molar-refractivity contribution in [2.24, 2.45) is 0 Å². The lowest BCUT2D eigenvalue weighted by molar-refractivity contribution is 0.318. The van der Waals surface area contributed by atoms with E-state index in [0.717, 1.165) is 28.9 Å². The van der Waals surface area contributed by atoms with Crippen LogP contribution in [0.3, 0.4) is 0 Å². The summed E-state index contributed by atoms with van der Waals surface area (Å²) >= 11 is 0. The summed E-state index contributed by atoms with van der Waals surface area (Å²) in [6, 6.07) is 7.01. The van der Waals surface area contributed by atoms with Gasteiger partial charge in [0.2, 0.25) is 5.95 Å². The van der Waals surface area contributed by atoms with E-state index in [9.17, 15) is 4.39 Å². The predicted molar refractivity (Wildman–Crippen MR) is 108 cm³/mol. The minimum Gasteiger partial charge on any atom is -0.489 e. The van der Waals surface area contributed by atoms with Gasteiger partial charge in [0.25, 0.3) is 0 Å². The van der Waals surface area contributed by atoms with E-state index in [1.165, 1.54) is 12.4 Å². The van der Waals surface area contributed by atoms with Gasteiger partial charge in [0.1, 0.15) is 30.3 Å². The van der Waals surface area contributed by atoms with Crippen molar-refractivity contribution in [2.45, 2.75) is 25.0 Å². The lowest BCUT2D eigenvalue weighted by Crippen LogP contribution is -2.10. The Bertz CT molecular complexity index is 1490. The highest BCUT2D eigenvalue weighted by atomic mass is 19.1. The van der Waals surface area contributed by atoms with Crippen LogP contribution in [0.4, 0.5) is 10.3 Å². The monoisotopic (exact) mass is 414 g/mol. The molecule has 1 aliphatic heterocycles. The van der Waals surface area contributed by atoms with Crippen LogP contribution in [0.1, 0.15) is 23.5 Å². The van der Waals surface area contributed by atoms with E-state index in [-0.39, 0.29) is 11.9 Å². The molecule has 2 aliphatic rings. The van der Waals surface area contributed by atoms with Crippen LogP contribution in [0.15, 0.2) is 49.3 Å². The number of hydrogen-bond donors (Lipinski definition) is 1. The zero-order valence-electron chi connectivity index (χ0n) is 16.1. The minimum atomic E-state index is -0.238. The van der Waals surface area contributed by atoms with Crippen molar-refractivity contribution in [1.29, 1.82) is 0 Å². The lowest BCUT2D eigenvalue weighted by atomic mass is 10.0. The molecule has 1 N–H and O–H groups in total. The highest BCUT2D eigenvalue weighted by Gasteiger charge is 2.49. The zero-order valence-corrected chi connectivity index (χ0v) is 16.1. The Kier molecular flexibility index (Phi) is 3.21. The fourth-order valence-electron chi connectivity index (χ4n) is 4.44. The Morgan fingerprint density at radius 2 is 2.13 bits per heavy atom. The van der Waals surface area contributed by atoms with Crippen LogP contribution in [0.25, 0.3) is 22.4 Å². The molecule has 5 aromatic rings. The molecule has 1 fully saturated rings. The fraction of sp³-hybridized carbons (Fsp3) is 0.190. The molecule has 0 amide bonds. The molecule has 0 spiro atoms. The van der Waals surface area contributed by atoms with Crippen LogP contribution in [-0.2, 0) is 6.54 Å². The number of benzene rings is 1.